The summed E-state index contributed by atoms with van der Waals surface area (Å²) < 4.78 is 1.32. The largest absolute Gasteiger partial charge is 0.360 e. The van der Waals surface area contributed by atoms with Crippen LogP contribution in [0.25, 0.3) is 10.6 Å². The third-order valence-corrected chi connectivity index (χ3v) is 3.28. The Balaban J connectivity index is 2.37. The molecule has 0 aromatic carbocycles. The molecule has 0 unspecified atom stereocenters. The molecule has 2 aromatic heterocycles. The molecule has 2 aromatic rings. The van der Waals surface area contributed by atoms with Crippen molar-refractivity contribution >= 4 is 16.5 Å². The number of aryl methyl sites for hydroxylation is 2. The van der Waals surface area contributed by atoms with Crippen molar-refractivity contribution in [2.75, 3.05) is 11.9 Å². The van der Waals surface area contributed by atoms with Crippen LogP contribution in [0.4, 0.5) is 5.13 Å². The summed E-state index contributed by atoms with van der Waals surface area (Å²) in [5.41, 5.74) is 1.18. The maximum atomic E-state index is 12.0. The predicted molar refractivity (Wildman–Crippen MR) is 71.9 cm³/mol. The Bertz CT molecular complexity index is 604. The summed E-state index contributed by atoms with van der Waals surface area (Å²) in [6.07, 6.45) is 1.02. The van der Waals surface area contributed by atoms with Gasteiger partial charge in [-0.15, -0.1) is 10.2 Å². The van der Waals surface area contributed by atoms with Crippen LogP contribution in [0.1, 0.15) is 19.0 Å². The number of nitrogens with zero attached hydrogens (tertiary/aromatic N) is 4. The summed E-state index contributed by atoms with van der Waals surface area (Å²) in [5, 5.41) is 16.6. The van der Waals surface area contributed by atoms with Crippen LogP contribution in [0.15, 0.2) is 10.9 Å². The van der Waals surface area contributed by atoms with Gasteiger partial charge in [-0.25, -0.2) is 4.68 Å². The molecule has 0 amide bonds. The number of aromatic nitrogens is 4. The van der Waals surface area contributed by atoms with E-state index < -0.39 is 0 Å². The van der Waals surface area contributed by atoms with Gasteiger partial charge in [-0.2, -0.15) is 5.10 Å². The Morgan fingerprint density at radius 1 is 1.44 bits per heavy atom. The number of rotatable bonds is 4. The van der Waals surface area contributed by atoms with Crippen LogP contribution in [-0.2, 0) is 7.05 Å². The molecule has 0 aliphatic heterocycles. The van der Waals surface area contributed by atoms with Gasteiger partial charge in [0.2, 0.25) is 5.13 Å². The summed E-state index contributed by atoms with van der Waals surface area (Å²) in [7, 11) is 1.64. The lowest BCUT2D eigenvalue weighted by Crippen LogP contribution is -2.21. The summed E-state index contributed by atoms with van der Waals surface area (Å²) in [6.45, 7) is 4.78. The van der Waals surface area contributed by atoms with Crippen LogP contribution in [0.5, 0.6) is 0 Å². The summed E-state index contributed by atoms with van der Waals surface area (Å²) in [5.74, 6) is 0. The van der Waals surface area contributed by atoms with Crippen LogP contribution in [0.2, 0.25) is 0 Å². The SMILES string of the molecule is CCCNc1nnc(-c2cc(C)nn(C)c2=O)s1. The second-order valence-corrected chi connectivity index (χ2v) is 4.94. The van der Waals surface area contributed by atoms with Crippen LogP contribution in [-0.4, -0.2) is 26.5 Å². The van der Waals surface area contributed by atoms with Crippen molar-refractivity contribution in [3.05, 3.63) is 22.1 Å². The molecule has 0 saturated carbocycles. The predicted octanol–water partition coefficient (Wildman–Crippen LogP) is 1.43. The fourth-order valence-electron chi connectivity index (χ4n) is 1.54. The summed E-state index contributed by atoms with van der Waals surface area (Å²) in [6, 6.07) is 1.74. The van der Waals surface area contributed by atoms with Crippen molar-refractivity contribution in [1.82, 2.24) is 20.0 Å². The van der Waals surface area contributed by atoms with Crippen LogP contribution < -0.4 is 10.9 Å². The molecule has 6 nitrogen and oxygen atoms in total. The fraction of sp³-hybridized carbons (Fsp3) is 0.455. The van der Waals surface area contributed by atoms with Gasteiger partial charge in [0.1, 0.15) is 0 Å². The van der Waals surface area contributed by atoms with Gasteiger partial charge < -0.3 is 5.32 Å². The molecule has 2 rings (SSSR count). The summed E-state index contributed by atoms with van der Waals surface area (Å²) in [4.78, 5) is 12.0. The van der Waals surface area contributed by atoms with E-state index in [1.54, 1.807) is 13.1 Å². The molecule has 7 heteroatoms. The van der Waals surface area contributed by atoms with Gasteiger partial charge in [0, 0.05) is 13.6 Å². The highest BCUT2D eigenvalue weighted by Crippen LogP contribution is 2.23. The zero-order valence-electron chi connectivity index (χ0n) is 10.6. The molecule has 0 bridgehead atoms. The molecule has 96 valence electrons. The Kier molecular flexibility index (Phi) is 3.71. The Hall–Kier alpha value is -1.76. The van der Waals surface area contributed by atoms with E-state index >= 15 is 0 Å². The number of hydrogen-bond donors (Lipinski definition) is 1. The van der Waals surface area contributed by atoms with E-state index in [9.17, 15) is 4.79 Å². The molecule has 0 fully saturated rings. The van der Waals surface area contributed by atoms with Gasteiger partial charge in [-0.3, -0.25) is 4.79 Å². The first-order chi connectivity index (χ1) is 8.61. The van der Waals surface area contributed by atoms with Crippen molar-refractivity contribution < 1.29 is 0 Å². The first-order valence-electron chi connectivity index (χ1n) is 5.74. The van der Waals surface area contributed by atoms with E-state index in [-0.39, 0.29) is 5.56 Å². The van der Waals surface area contributed by atoms with E-state index in [1.807, 2.05) is 6.92 Å². The van der Waals surface area contributed by atoms with Crippen LogP contribution >= 0.6 is 11.3 Å². The smallest absolute Gasteiger partial charge is 0.276 e. The quantitative estimate of drug-likeness (QED) is 0.905. The molecule has 0 spiro atoms. The standard InChI is InChI=1S/C11H15N5OS/c1-4-5-12-11-14-13-9(18-11)8-6-7(2)15-16(3)10(8)17/h6H,4-5H2,1-3H3,(H,12,14). The molecule has 2 heterocycles. The molecule has 0 radical (unpaired) electrons. The highest BCUT2D eigenvalue weighted by atomic mass is 32.1. The zero-order chi connectivity index (χ0) is 13.1. The maximum Gasteiger partial charge on any atom is 0.276 e. The number of hydrogen-bond acceptors (Lipinski definition) is 6. The number of anilines is 1. The van der Waals surface area contributed by atoms with Crippen molar-refractivity contribution in [2.45, 2.75) is 20.3 Å². The molecule has 0 saturated heterocycles. The Labute approximate surface area is 109 Å². The van der Waals surface area contributed by atoms with E-state index in [0.717, 1.165) is 23.8 Å². The lowest BCUT2D eigenvalue weighted by Gasteiger charge is -2.01. The first kappa shape index (κ1) is 12.7. The first-order valence-corrected chi connectivity index (χ1v) is 6.56. The average molecular weight is 265 g/mol. The van der Waals surface area contributed by atoms with Gasteiger partial charge in [0.05, 0.1) is 11.3 Å². The molecular weight excluding hydrogens is 250 g/mol. The summed E-state index contributed by atoms with van der Waals surface area (Å²) >= 11 is 1.38. The average Bonchev–Trinajstić information content (AvgIpc) is 2.79. The van der Waals surface area contributed by atoms with Crippen molar-refractivity contribution in [2.24, 2.45) is 7.05 Å². The zero-order valence-corrected chi connectivity index (χ0v) is 11.4. The highest BCUT2D eigenvalue weighted by molar-refractivity contribution is 7.18. The van der Waals surface area contributed by atoms with Crippen molar-refractivity contribution in [3.8, 4) is 10.6 Å². The minimum absolute atomic E-state index is 0.154. The second kappa shape index (κ2) is 5.26. The maximum absolute atomic E-state index is 12.0. The Morgan fingerprint density at radius 2 is 2.22 bits per heavy atom. The highest BCUT2D eigenvalue weighted by Gasteiger charge is 2.12. The van der Waals surface area contributed by atoms with Gasteiger partial charge in [0.15, 0.2) is 5.01 Å². The minimum atomic E-state index is -0.154. The topological polar surface area (TPSA) is 72.7 Å². The van der Waals surface area contributed by atoms with E-state index in [2.05, 4.69) is 27.5 Å². The molecular formula is C11H15N5OS. The van der Waals surface area contributed by atoms with Gasteiger partial charge >= 0.3 is 0 Å². The lowest BCUT2D eigenvalue weighted by molar-refractivity contribution is 0.694. The third-order valence-electron chi connectivity index (χ3n) is 2.37. The van der Waals surface area contributed by atoms with E-state index in [1.165, 1.54) is 16.0 Å². The molecule has 0 aliphatic rings. The normalized spacial score (nSPS) is 10.6. The molecule has 0 atom stereocenters. The van der Waals surface area contributed by atoms with Crippen molar-refractivity contribution in [1.29, 1.82) is 0 Å². The molecule has 0 aliphatic carbocycles. The van der Waals surface area contributed by atoms with E-state index in [4.69, 9.17) is 0 Å². The van der Waals surface area contributed by atoms with Gasteiger partial charge in [-0.05, 0) is 19.4 Å². The number of nitrogens with one attached hydrogen (secondary N) is 1. The van der Waals surface area contributed by atoms with Crippen LogP contribution in [0.3, 0.4) is 0 Å². The monoisotopic (exact) mass is 265 g/mol. The third kappa shape index (κ3) is 2.56. The minimum Gasteiger partial charge on any atom is -0.360 e. The van der Waals surface area contributed by atoms with Gasteiger partial charge in [-0.1, -0.05) is 18.3 Å². The lowest BCUT2D eigenvalue weighted by atomic mass is 10.3. The van der Waals surface area contributed by atoms with E-state index in [0.29, 0.717) is 10.6 Å². The Morgan fingerprint density at radius 3 is 2.94 bits per heavy atom. The van der Waals surface area contributed by atoms with Crippen LogP contribution in [0, 0.1) is 6.92 Å². The fourth-order valence-corrected chi connectivity index (χ4v) is 2.32. The van der Waals surface area contributed by atoms with Crippen molar-refractivity contribution in [3.63, 3.8) is 0 Å². The molecule has 18 heavy (non-hydrogen) atoms. The second-order valence-electron chi connectivity index (χ2n) is 3.97. The van der Waals surface area contributed by atoms with Gasteiger partial charge in [0.25, 0.3) is 5.56 Å². The molecule has 1 N–H and O–H groups in total.